The van der Waals surface area contributed by atoms with E-state index in [2.05, 4.69) is 20.6 Å². The summed E-state index contributed by atoms with van der Waals surface area (Å²) in [4.78, 5) is 45.4. The Bertz CT molecular complexity index is 1400. The first kappa shape index (κ1) is 22.6. The van der Waals surface area contributed by atoms with Gasteiger partial charge in [0.25, 0.3) is 17.7 Å². The molecular weight excluding hydrogens is 439 g/mol. The molecule has 4 aromatic rings. The van der Waals surface area contributed by atoms with Crippen molar-refractivity contribution in [2.75, 3.05) is 13.1 Å². The third kappa shape index (κ3) is 4.60. The van der Waals surface area contributed by atoms with Gasteiger partial charge in [0, 0.05) is 24.2 Å². The highest BCUT2D eigenvalue weighted by molar-refractivity contribution is 5.99. The Balaban J connectivity index is 1.51. The first-order valence-electron chi connectivity index (χ1n) is 10.4. The number of hydrogen-bond acceptors (Lipinski definition) is 5. The highest BCUT2D eigenvalue weighted by atomic mass is 19.1. The minimum Gasteiger partial charge on any atom is -0.364 e. The van der Waals surface area contributed by atoms with Crippen molar-refractivity contribution in [1.29, 1.82) is 0 Å². The van der Waals surface area contributed by atoms with Crippen LogP contribution in [0.3, 0.4) is 0 Å². The number of hydrogen-bond donors (Lipinski definition) is 3. The molecule has 3 amide bonds. The fraction of sp³-hybridized carbons (Fsp3) is 0.125. The van der Waals surface area contributed by atoms with E-state index in [4.69, 9.17) is 5.73 Å². The molecule has 10 heteroatoms. The summed E-state index contributed by atoms with van der Waals surface area (Å²) >= 11 is 0. The second-order valence-corrected chi connectivity index (χ2v) is 7.52. The molecule has 0 aliphatic heterocycles. The van der Waals surface area contributed by atoms with Crippen LogP contribution in [0.2, 0.25) is 0 Å². The summed E-state index contributed by atoms with van der Waals surface area (Å²) in [6.07, 6.45) is 1.31. The second-order valence-electron chi connectivity index (χ2n) is 7.52. The van der Waals surface area contributed by atoms with Gasteiger partial charge < -0.3 is 16.4 Å². The lowest BCUT2D eigenvalue weighted by Gasteiger charge is -2.11. The first-order valence-corrected chi connectivity index (χ1v) is 10.4. The Morgan fingerprint density at radius 3 is 2.38 bits per heavy atom. The van der Waals surface area contributed by atoms with Crippen molar-refractivity contribution in [3.63, 3.8) is 0 Å². The molecule has 0 saturated heterocycles. The zero-order chi connectivity index (χ0) is 24.2. The first-order chi connectivity index (χ1) is 16.3. The molecule has 0 spiro atoms. The lowest BCUT2D eigenvalue weighted by atomic mass is 10.1. The molecular formula is C24H21FN6O3. The minimum atomic E-state index is -0.762. The van der Waals surface area contributed by atoms with Crippen molar-refractivity contribution < 1.29 is 18.8 Å². The van der Waals surface area contributed by atoms with E-state index in [1.54, 1.807) is 13.0 Å². The van der Waals surface area contributed by atoms with Gasteiger partial charge in [-0.2, -0.15) is 0 Å². The van der Waals surface area contributed by atoms with Crippen LogP contribution in [0, 0.1) is 12.7 Å². The molecule has 4 rings (SSSR count). The number of nitrogens with two attached hydrogens (primary N) is 1. The molecule has 2 aromatic heterocycles. The van der Waals surface area contributed by atoms with Gasteiger partial charge in [-0.05, 0) is 30.7 Å². The van der Waals surface area contributed by atoms with Gasteiger partial charge in [0.05, 0.1) is 5.69 Å². The Labute approximate surface area is 193 Å². The fourth-order valence-corrected chi connectivity index (χ4v) is 3.35. The monoisotopic (exact) mass is 460 g/mol. The van der Waals surface area contributed by atoms with Crippen LogP contribution in [0.25, 0.3) is 16.9 Å². The number of carbonyl (C=O) groups is 3. The number of aryl methyl sites for hydroxylation is 1. The SMILES string of the molecule is Cc1ccc(C(=O)NCCNC(=O)c2cc(-c3ccccc3)nc3c(C(N)=O)ncn23)cc1F. The molecule has 0 aliphatic carbocycles. The number of benzene rings is 2. The largest absolute Gasteiger partial charge is 0.364 e. The number of aromatic nitrogens is 3. The van der Waals surface area contributed by atoms with E-state index in [0.717, 1.165) is 11.6 Å². The van der Waals surface area contributed by atoms with Crippen molar-refractivity contribution >= 4 is 23.4 Å². The number of carbonyl (C=O) groups excluding carboxylic acids is 3. The highest BCUT2D eigenvalue weighted by Gasteiger charge is 2.19. The minimum absolute atomic E-state index is 0.0515. The van der Waals surface area contributed by atoms with Gasteiger partial charge in [-0.15, -0.1) is 0 Å². The van der Waals surface area contributed by atoms with Crippen molar-refractivity contribution in [3.05, 3.63) is 89.3 Å². The van der Waals surface area contributed by atoms with E-state index in [1.165, 1.54) is 22.9 Å². The zero-order valence-electron chi connectivity index (χ0n) is 18.2. The van der Waals surface area contributed by atoms with E-state index in [0.29, 0.717) is 11.3 Å². The zero-order valence-corrected chi connectivity index (χ0v) is 18.2. The third-order valence-corrected chi connectivity index (χ3v) is 5.17. The van der Waals surface area contributed by atoms with Crippen molar-refractivity contribution in [2.24, 2.45) is 5.73 Å². The molecule has 0 unspecified atom stereocenters. The summed E-state index contributed by atoms with van der Waals surface area (Å²) in [7, 11) is 0. The van der Waals surface area contributed by atoms with Crippen LogP contribution in [0.15, 0.2) is 60.9 Å². The summed E-state index contributed by atoms with van der Waals surface area (Å²) in [5, 5.41) is 5.35. The number of halogens is 1. The van der Waals surface area contributed by atoms with E-state index in [1.807, 2.05) is 30.3 Å². The third-order valence-electron chi connectivity index (χ3n) is 5.17. The quantitative estimate of drug-likeness (QED) is 0.364. The predicted molar refractivity (Wildman–Crippen MR) is 123 cm³/mol. The van der Waals surface area contributed by atoms with Gasteiger partial charge in [-0.25, -0.2) is 14.4 Å². The molecule has 172 valence electrons. The van der Waals surface area contributed by atoms with Crippen LogP contribution in [0.1, 0.15) is 36.9 Å². The fourth-order valence-electron chi connectivity index (χ4n) is 3.35. The normalized spacial score (nSPS) is 10.8. The molecule has 0 fully saturated rings. The lowest BCUT2D eigenvalue weighted by Crippen LogP contribution is -2.35. The van der Waals surface area contributed by atoms with Gasteiger partial charge in [0.2, 0.25) is 0 Å². The van der Waals surface area contributed by atoms with Crippen molar-refractivity contribution in [1.82, 2.24) is 25.0 Å². The van der Waals surface area contributed by atoms with Crippen molar-refractivity contribution in [2.45, 2.75) is 6.92 Å². The molecule has 2 aromatic carbocycles. The summed E-state index contributed by atoms with van der Waals surface area (Å²) in [6, 6.07) is 15.0. The van der Waals surface area contributed by atoms with Crippen molar-refractivity contribution in [3.8, 4) is 11.3 Å². The number of primary amides is 1. The topological polar surface area (TPSA) is 131 Å². The molecule has 0 aliphatic rings. The van der Waals surface area contributed by atoms with Gasteiger partial charge in [0.15, 0.2) is 11.3 Å². The molecule has 4 N–H and O–H groups in total. The van der Waals surface area contributed by atoms with Crippen LogP contribution >= 0.6 is 0 Å². The van der Waals surface area contributed by atoms with Crippen LogP contribution < -0.4 is 16.4 Å². The summed E-state index contributed by atoms with van der Waals surface area (Å²) < 4.78 is 15.1. The lowest BCUT2D eigenvalue weighted by molar-refractivity contribution is 0.0924. The maximum atomic E-state index is 13.7. The number of fused-ring (bicyclic) bond motifs is 1. The van der Waals surface area contributed by atoms with Crippen LogP contribution in [-0.4, -0.2) is 45.2 Å². The molecule has 9 nitrogen and oxygen atoms in total. The molecule has 0 saturated carbocycles. The summed E-state index contributed by atoms with van der Waals surface area (Å²) in [5.74, 6) is -2.14. The maximum absolute atomic E-state index is 13.7. The Morgan fingerprint density at radius 2 is 1.71 bits per heavy atom. The molecule has 0 atom stereocenters. The van der Waals surface area contributed by atoms with Gasteiger partial charge in [0.1, 0.15) is 17.8 Å². The number of amides is 3. The molecule has 0 radical (unpaired) electrons. The van der Waals surface area contributed by atoms with Crippen LogP contribution in [-0.2, 0) is 0 Å². The standard InChI is InChI=1S/C24H21FN6O3/c1-14-7-8-16(11-17(14)25)23(33)27-9-10-28-24(34)19-12-18(15-5-3-2-4-6-15)30-22-20(21(26)32)29-13-31(19)22/h2-8,11-13H,9-10H2,1H3,(H2,26,32)(H,27,33)(H,28,34). The van der Waals surface area contributed by atoms with E-state index >= 15 is 0 Å². The molecule has 2 heterocycles. The van der Waals surface area contributed by atoms with Crippen LogP contribution in [0.5, 0.6) is 0 Å². The summed E-state index contributed by atoms with van der Waals surface area (Å²) in [6.45, 7) is 1.84. The number of imidazole rings is 1. The Hall–Kier alpha value is -4.60. The Kier molecular flexibility index (Phi) is 6.30. The van der Waals surface area contributed by atoms with Crippen LogP contribution in [0.4, 0.5) is 4.39 Å². The van der Waals surface area contributed by atoms with Gasteiger partial charge in [-0.1, -0.05) is 36.4 Å². The molecule has 34 heavy (non-hydrogen) atoms. The van der Waals surface area contributed by atoms with E-state index in [-0.39, 0.29) is 35.7 Å². The Morgan fingerprint density at radius 1 is 1.00 bits per heavy atom. The van der Waals surface area contributed by atoms with E-state index in [9.17, 15) is 18.8 Å². The van der Waals surface area contributed by atoms with Gasteiger partial charge in [-0.3, -0.25) is 18.8 Å². The average molecular weight is 460 g/mol. The van der Waals surface area contributed by atoms with Gasteiger partial charge >= 0.3 is 0 Å². The van der Waals surface area contributed by atoms with E-state index < -0.39 is 23.5 Å². The smallest absolute Gasteiger partial charge is 0.271 e. The average Bonchev–Trinajstić information content (AvgIpc) is 3.27. The maximum Gasteiger partial charge on any atom is 0.271 e. The predicted octanol–water partition coefficient (Wildman–Crippen LogP) is 2.10. The number of nitrogens with one attached hydrogen (secondary N) is 2. The number of rotatable bonds is 7. The molecule has 0 bridgehead atoms. The second kappa shape index (κ2) is 9.49. The number of nitrogens with zero attached hydrogens (tertiary/aromatic N) is 3. The summed E-state index contributed by atoms with van der Waals surface area (Å²) in [5.41, 5.74) is 7.56. The highest BCUT2D eigenvalue weighted by Crippen LogP contribution is 2.21.